The van der Waals surface area contributed by atoms with Gasteiger partial charge in [-0.3, -0.25) is 0 Å². The second kappa shape index (κ2) is 7.41. The van der Waals surface area contributed by atoms with E-state index in [0.717, 1.165) is 7.11 Å². The van der Waals surface area contributed by atoms with Crippen molar-refractivity contribution < 1.29 is 31.8 Å². The van der Waals surface area contributed by atoms with E-state index in [2.05, 4.69) is 25.7 Å². The molecule has 4 nitrogen and oxygen atoms in total. The van der Waals surface area contributed by atoms with E-state index in [1.165, 1.54) is 6.07 Å². The van der Waals surface area contributed by atoms with Crippen molar-refractivity contribution in [2.45, 2.75) is 19.3 Å². The molecule has 0 aromatic carbocycles. The quantitative estimate of drug-likeness (QED) is 0.445. The molecule has 0 amide bonds. The van der Waals surface area contributed by atoms with Crippen LogP contribution in [0.3, 0.4) is 0 Å². The topological polar surface area (TPSA) is 48.4 Å². The van der Waals surface area contributed by atoms with Gasteiger partial charge in [-0.25, -0.2) is 27.3 Å². The largest absolute Gasteiger partial charge is 0.485 e. The fourth-order valence-electron chi connectivity index (χ4n) is 1.41. The molecule has 0 aliphatic rings. The van der Waals surface area contributed by atoms with E-state index in [1.54, 1.807) is 0 Å². The van der Waals surface area contributed by atoms with E-state index in [4.69, 9.17) is 4.74 Å². The number of esters is 1. The van der Waals surface area contributed by atoms with Gasteiger partial charge in [-0.1, -0.05) is 0 Å². The first-order chi connectivity index (χ1) is 9.35. The molecule has 0 N–H and O–H groups in total. The molecule has 20 heavy (non-hydrogen) atoms. The Bertz CT molecular complexity index is 485. The first-order valence-electron chi connectivity index (χ1n) is 5.32. The number of pyridine rings is 1. The maximum absolute atomic E-state index is 12.5. The molecule has 1 rings (SSSR count). The highest BCUT2D eigenvalue weighted by Crippen LogP contribution is 2.29. The van der Waals surface area contributed by atoms with Gasteiger partial charge in [0.2, 0.25) is 6.43 Å². The smallest absolute Gasteiger partial charge is 0.360 e. The van der Waals surface area contributed by atoms with Crippen LogP contribution in [0, 0.1) is 0 Å². The van der Waals surface area contributed by atoms with Crippen molar-refractivity contribution in [3.63, 3.8) is 0 Å². The van der Waals surface area contributed by atoms with E-state index in [-0.39, 0.29) is 10.2 Å². The lowest BCUT2D eigenvalue weighted by Crippen LogP contribution is -2.15. The van der Waals surface area contributed by atoms with Gasteiger partial charge in [0.15, 0.2) is 11.4 Å². The molecule has 112 valence electrons. The van der Waals surface area contributed by atoms with E-state index >= 15 is 0 Å². The highest BCUT2D eigenvalue weighted by atomic mass is 79.9. The molecule has 0 aliphatic heterocycles. The van der Waals surface area contributed by atoms with Crippen LogP contribution in [-0.2, 0) is 11.2 Å². The van der Waals surface area contributed by atoms with Crippen molar-refractivity contribution in [3.05, 3.63) is 21.9 Å². The monoisotopic (exact) mass is 359 g/mol. The van der Waals surface area contributed by atoms with E-state index < -0.39 is 43.3 Å². The SMILES string of the molecule is COC(=O)c1nc(Br)cc(CC(F)F)c1OCC(F)F. The lowest BCUT2D eigenvalue weighted by atomic mass is 10.1. The number of rotatable bonds is 6. The number of hydrogen-bond donors (Lipinski definition) is 0. The van der Waals surface area contributed by atoms with E-state index in [9.17, 15) is 22.4 Å². The lowest BCUT2D eigenvalue weighted by molar-refractivity contribution is 0.0566. The van der Waals surface area contributed by atoms with Crippen molar-refractivity contribution in [3.8, 4) is 5.75 Å². The normalized spacial score (nSPS) is 11.0. The van der Waals surface area contributed by atoms with Crippen molar-refractivity contribution in [1.82, 2.24) is 4.98 Å². The number of hydrogen-bond acceptors (Lipinski definition) is 4. The summed E-state index contributed by atoms with van der Waals surface area (Å²) in [7, 11) is 1.05. The van der Waals surface area contributed by atoms with Gasteiger partial charge in [0.25, 0.3) is 6.43 Å². The molecule has 9 heteroatoms. The van der Waals surface area contributed by atoms with Gasteiger partial charge in [-0.15, -0.1) is 0 Å². The number of ether oxygens (including phenoxy) is 2. The highest BCUT2D eigenvalue weighted by molar-refractivity contribution is 9.10. The molecule has 1 heterocycles. The van der Waals surface area contributed by atoms with Gasteiger partial charge < -0.3 is 9.47 Å². The Labute approximate surface area is 120 Å². The van der Waals surface area contributed by atoms with E-state index in [1.807, 2.05) is 0 Å². The minimum absolute atomic E-state index is 0.0953. The standard InChI is InChI=1S/C11H10BrF4NO3/c1-19-11(18)9-10(20-4-8(15)16)5(3-7(13)14)2-6(12)17-9/h2,7-8H,3-4H2,1H3. The lowest BCUT2D eigenvalue weighted by Gasteiger charge is -2.14. The Balaban J connectivity index is 3.25. The average molecular weight is 360 g/mol. The Kier molecular flexibility index (Phi) is 6.18. The molecule has 0 atom stereocenters. The van der Waals surface area contributed by atoms with Crippen molar-refractivity contribution in [1.29, 1.82) is 0 Å². The number of alkyl halides is 4. The zero-order chi connectivity index (χ0) is 15.3. The Morgan fingerprint density at radius 1 is 1.35 bits per heavy atom. The van der Waals surface area contributed by atoms with Crippen LogP contribution in [-0.4, -0.2) is 37.5 Å². The Morgan fingerprint density at radius 3 is 2.50 bits per heavy atom. The van der Waals surface area contributed by atoms with Gasteiger partial charge >= 0.3 is 5.97 Å². The molecule has 0 bridgehead atoms. The van der Waals surface area contributed by atoms with Crippen LogP contribution in [0.25, 0.3) is 0 Å². The molecule has 1 aromatic rings. The Hall–Kier alpha value is -1.38. The molecule has 0 radical (unpaired) electrons. The maximum atomic E-state index is 12.5. The number of aromatic nitrogens is 1. The average Bonchev–Trinajstić information content (AvgIpc) is 2.35. The molecular formula is C11H10BrF4NO3. The number of halogens is 5. The molecular weight excluding hydrogens is 350 g/mol. The number of nitrogens with zero attached hydrogens (tertiary/aromatic N) is 1. The molecule has 0 unspecified atom stereocenters. The second-order valence-corrected chi connectivity index (χ2v) is 4.38. The molecule has 0 aliphatic carbocycles. The number of carbonyl (C=O) groups is 1. The van der Waals surface area contributed by atoms with Crippen LogP contribution in [0.4, 0.5) is 17.6 Å². The minimum Gasteiger partial charge on any atom is -0.485 e. The summed E-state index contributed by atoms with van der Waals surface area (Å²) in [5, 5.41) is 0. The Morgan fingerprint density at radius 2 is 2.00 bits per heavy atom. The summed E-state index contributed by atoms with van der Waals surface area (Å²) >= 11 is 2.95. The maximum Gasteiger partial charge on any atom is 0.360 e. The minimum atomic E-state index is -2.82. The first-order valence-corrected chi connectivity index (χ1v) is 6.11. The summed E-state index contributed by atoms with van der Waals surface area (Å²) < 4.78 is 58.6. The van der Waals surface area contributed by atoms with Crippen LogP contribution >= 0.6 is 15.9 Å². The van der Waals surface area contributed by atoms with Crippen LogP contribution in [0.5, 0.6) is 5.75 Å². The third-order valence-corrected chi connectivity index (χ3v) is 2.53. The molecule has 0 fully saturated rings. The zero-order valence-electron chi connectivity index (χ0n) is 10.2. The van der Waals surface area contributed by atoms with Gasteiger partial charge in [-0.2, -0.15) is 0 Å². The fourth-order valence-corrected chi connectivity index (χ4v) is 1.87. The highest BCUT2D eigenvalue weighted by Gasteiger charge is 2.23. The van der Waals surface area contributed by atoms with E-state index in [0.29, 0.717) is 0 Å². The van der Waals surface area contributed by atoms with Crippen LogP contribution < -0.4 is 4.74 Å². The van der Waals surface area contributed by atoms with Gasteiger partial charge in [0, 0.05) is 12.0 Å². The zero-order valence-corrected chi connectivity index (χ0v) is 11.8. The number of methoxy groups -OCH3 is 1. The molecule has 0 saturated carbocycles. The summed E-state index contributed by atoms with van der Waals surface area (Å²) in [4.78, 5) is 15.2. The third-order valence-electron chi connectivity index (χ3n) is 2.13. The van der Waals surface area contributed by atoms with Crippen molar-refractivity contribution in [2.24, 2.45) is 0 Å². The summed E-state index contributed by atoms with van der Waals surface area (Å²) in [6.45, 7) is -1.04. The summed E-state index contributed by atoms with van der Waals surface area (Å²) in [5.74, 6) is -1.38. The fraction of sp³-hybridized carbons (Fsp3) is 0.455. The summed E-state index contributed by atoms with van der Waals surface area (Å²) in [6.07, 6.45) is -6.31. The van der Waals surface area contributed by atoms with Crippen molar-refractivity contribution >= 4 is 21.9 Å². The molecule has 1 aromatic heterocycles. The van der Waals surface area contributed by atoms with Gasteiger partial charge in [0.05, 0.1) is 7.11 Å². The summed E-state index contributed by atoms with van der Waals surface area (Å²) in [5.41, 5.74) is -0.541. The van der Waals surface area contributed by atoms with Crippen molar-refractivity contribution in [2.75, 3.05) is 13.7 Å². The van der Waals surface area contributed by atoms with Crippen LogP contribution in [0.2, 0.25) is 0 Å². The summed E-state index contributed by atoms with van der Waals surface area (Å²) in [6, 6.07) is 1.18. The van der Waals surface area contributed by atoms with Gasteiger partial charge in [0.1, 0.15) is 11.2 Å². The predicted octanol–water partition coefficient (Wildman–Crippen LogP) is 3.08. The van der Waals surface area contributed by atoms with Crippen LogP contribution in [0.15, 0.2) is 10.7 Å². The predicted molar refractivity (Wildman–Crippen MR) is 64.5 cm³/mol. The third kappa shape index (κ3) is 4.62. The van der Waals surface area contributed by atoms with Gasteiger partial charge in [-0.05, 0) is 22.0 Å². The number of carbonyl (C=O) groups excluding carboxylic acids is 1. The second-order valence-electron chi connectivity index (χ2n) is 3.57. The molecule has 0 saturated heterocycles. The first kappa shape index (κ1) is 16.7. The molecule has 0 spiro atoms. The van der Waals surface area contributed by atoms with Crippen LogP contribution in [0.1, 0.15) is 16.1 Å².